The Kier molecular flexibility index (Phi) is 12.5. The Morgan fingerprint density at radius 2 is 1.50 bits per heavy atom. The van der Waals surface area contributed by atoms with Crippen LogP contribution in [0.15, 0.2) is 24.7 Å². The summed E-state index contributed by atoms with van der Waals surface area (Å²) in [6.45, 7) is 14.8. The number of amides is 1. The minimum atomic E-state index is -3.89. The van der Waals surface area contributed by atoms with E-state index in [-0.39, 0.29) is 5.82 Å². The van der Waals surface area contributed by atoms with Crippen LogP contribution in [0, 0.1) is 5.41 Å². The molecule has 252 valence electrons. The fraction of sp³-hybridized carbons (Fsp3) is 0.731. The van der Waals surface area contributed by atoms with Gasteiger partial charge in [-0.1, -0.05) is 6.58 Å². The molecule has 7 atom stereocenters. The Morgan fingerprint density at radius 3 is 1.95 bits per heavy atom. The van der Waals surface area contributed by atoms with Crippen molar-refractivity contribution < 1.29 is 55.6 Å². The van der Waals surface area contributed by atoms with E-state index < -0.39 is 94.1 Å². The maximum absolute atomic E-state index is 16.3. The van der Waals surface area contributed by atoms with Gasteiger partial charge in [-0.2, -0.15) is 0 Å². The molecule has 14 nitrogen and oxygen atoms in total. The largest absolute Gasteiger partial charge is 0.462 e. The van der Waals surface area contributed by atoms with Gasteiger partial charge < -0.3 is 33.5 Å². The van der Waals surface area contributed by atoms with Gasteiger partial charge in [0.15, 0.2) is 0 Å². The minimum absolute atomic E-state index is 0.187. The molecule has 0 radical (unpaired) electrons. The highest BCUT2D eigenvalue weighted by Gasteiger charge is 2.69. The van der Waals surface area contributed by atoms with Crippen molar-refractivity contribution in [3.63, 3.8) is 0 Å². The third-order valence-corrected chi connectivity index (χ3v) is 9.62. The van der Waals surface area contributed by atoms with Crippen molar-refractivity contribution >= 4 is 32.9 Å². The van der Waals surface area contributed by atoms with Gasteiger partial charge in [0.1, 0.15) is 17.9 Å². The fourth-order valence-corrected chi connectivity index (χ4v) is 6.97. The van der Waals surface area contributed by atoms with E-state index in [0.29, 0.717) is 0 Å². The van der Waals surface area contributed by atoms with E-state index in [0.717, 1.165) is 37.4 Å². The van der Waals surface area contributed by atoms with Crippen molar-refractivity contribution in [2.45, 2.75) is 91.0 Å². The molecule has 1 saturated heterocycles. The summed E-state index contributed by atoms with van der Waals surface area (Å²) >= 11 is 0. The summed E-state index contributed by atoms with van der Waals surface area (Å²) in [4.78, 5) is 37.0. The van der Waals surface area contributed by atoms with Crippen molar-refractivity contribution in [3.05, 3.63) is 24.7 Å². The second-order valence-electron chi connectivity index (χ2n) is 11.6. The second kappa shape index (κ2) is 14.5. The number of rotatable bonds is 15. The van der Waals surface area contributed by atoms with Gasteiger partial charge in [-0.3, -0.25) is 23.5 Å². The van der Waals surface area contributed by atoms with Crippen LogP contribution in [0.1, 0.15) is 48.5 Å². The molecule has 1 amide bonds. The first-order valence-electron chi connectivity index (χ1n) is 13.9. The molecule has 0 spiro atoms. The van der Waals surface area contributed by atoms with Crippen LogP contribution in [0.4, 0.5) is 8.78 Å². The zero-order valence-corrected chi connectivity index (χ0v) is 28.2. The first kappa shape index (κ1) is 38.0. The fourth-order valence-electron chi connectivity index (χ4n) is 4.27. The van der Waals surface area contributed by atoms with Crippen molar-refractivity contribution in [1.82, 2.24) is 20.4 Å². The predicted octanol–water partition coefficient (Wildman–Crippen LogP) is 3.31. The van der Waals surface area contributed by atoms with Crippen molar-refractivity contribution in [2.24, 2.45) is 5.41 Å². The molecule has 0 bridgehead atoms. The third kappa shape index (κ3) is 9.65. The molecule has 18 heteroatoms. The van der Waals surface area contributed by atoms with Crippen molar-refractivity contribution in [2.75, 3.05) is 26.5 Å². The van der Waals surface area contributed by atoms with Crippen LogP contribution in [0.2, 0.25) is 0 Å². The lowest BCUT2D eigenvalue weighted by Gasteiger charge is -2.38. The lowest BCUT2D eigenvalue weighted by Crippen LogP contribution is -2.54. The summed E-state index contributed by atoms with van der Waals surface area (Å²) in [5, 5.41) is 7.34. The highest BCUT2D eigenvalue weighted by Crippen LogP contribution is 2.55. The average Bonchev–Trinajstić information content (AvgIpc) is 3.05. The van der Waals surface area contributed by atoms with E-state index in [1.54, 1.807) is 27.7 Å². The van der Waals surface area contributed by atoms with E-state index in [9.17, 15) is 23.5 Å². The molecule has 2 rings (SSSR count). The predicted molar refractivity (Wildman–Crippen MR) is 157 cm³/mol. The van der Waals surface area contributed by atoms with E-state index in [1.165, 1.54) is 13.8 Å². The van der Waals surface area contributed by atoms with Gasteiger partial charge in [-0.05, 0) is 48.5 Å². The number of carbonyl (C=O) groups is 3. The van der Waals surface area contributed by atoms with Gasteiger partial charge in [0, 0.05) is 25.6 Å². The monoisotopic (exact) mass is 672 g/mol. The summed E-state index contributed by atoms with van der Waals surface area (Å²) in [5.74, 6) is -5.95. The molecule has 3 N–H and O–H groups in total. The highest BCUT2D eigenvalue weighted by atomic mass is 31.2. The lowest BCUT2D eigenvalue weighted by atomic mass is 9.80. The Bertz CT molecular complexity index is 1230. The van der Waals surface area contributed by atoms with Crippen LogP contribution in [0.5, 0.6) is 0 Å². The summed E-state index contributed by atoms with van der Waals surface area (Å²) in [6, 6.07) is -2.13. The molecular weight excluding hydrogens is 628 g/mol. The van der Waals surface area contributed by atoms with Gasteiger partial charge in [-0.15, -0.1) is 0 Å². The number of nitrogens with zero attached hydrogens (tertiary/aromatic N) is 1. The Hall–Kier alpha value is -2.19. The minimum Gasteiger partial charge on any atom is -0.462 e. The van der Waals surface area contributed by atoms with Gasteiger partial charge in [-0.25, -0.2) is 19.0 Å². The number of nitrogens with one attached hydrogen (secondary N) is 3. The summed E-state index contributed by atoms with van der Waals surface area (Å²) in [5.41, 5.74) is -2.27. The maximum Gasteiger partial charge on any atom is 0.323 e. The molecule has 0 aromatic heterocycles. The van der Waals surface area contributed by atoms with Crippen LogP contribution >= 0.6 is 15.0 Å². The molecular formula is C26H44F2N4O10P2. The highest BCUT2D eigenvalue weighted by molar-refractivity contribution is 7.56. The molecule has 2 aliphatic rings. The number of hydrogen-bond acceptors (Lipinski definition) is 11. The molecule has 0 aromatic carbocycles. The van der Waals surface area contributed by atoms with Crippen LogP contribution in [-0.2, 0) is 46.8 Å². The standard InChI is InChI=1S/C26H44F2N4O10P2/c1-15(2)40-22(34)17(5)30-43(9,36)38-13-20-25(8,14-39-44(10,37)31-18(6)23(35)41-16(3)4)26(27,28)24(42-20)32-12-11-21(33)29-19(32)7/h11-12,15-18,20,24H,7,13-14H2,1-6,8-10H3,(H,29,33)(H,30,36)(H,31,37)/t17-,18-,20+,24+,25?,43?,44?/m0/s1. The molecule has 1 fully saturated rings. The smallest absolute Gasteiger partial charge is 0.323 e. The van der Waals surface area contributed by atoms with E-state index in [1.807, 2.05) is 0 Å². The maximum atomic E-state index is 16.3. The number of carbonyl (C=O) groups excluding carboxylic acids is 3. The van der Waals surface area contributed by atoms with Gasteiger partial charge in [0.05, 0.1) is 36.9 Å². The molecule has 2 aliphatic heterocycles. The third-order valence-electron chi connectivity index (χ3n) is 6.64. The second-order valence-corrected chi connectivity index (χ2v) is 16.0. The van der Waals surface area contributed by atoms with Gasteiger partial charge in [0.2, 0.25) is 6.23 Å². The quantitative estimate of drug-likeness (QED) is 0.171. The first-order chi connectivity index (χ1) is 20.0. The molecule has 0 aliphatic carbocycles. The SMILES string of the molecule is C=C1NC(=O)C=CN1[C@@H]1O[C@H](COP(C)(=O)N[C@@H](C)C(=O)OC(C)C)C(C)(COP(C)(=O)N[C@@H](C)C(=O)OC(C)C)C1(F)F. The van der Waals surface area contributed by atoms with Crippen molar-refractivity contribution in [3.8, 4) is 0 Å². The van der Waals surface area contributed by atoms with Crippen LogP contribution in [-0.4, -0.2) is 91.8 Å². The number of ether oxygens (including phenoxy) is 3. The van der Waals surface area contributed by atoms with Crippen LogP contribution in [0.3, 0.4) is 0 Å². The summed E-state index contributed by atoms with van der Waals surface area (Å²) in [7, 11) is -7.69. The van der Waals surface area contributed by atoms with Crippen molar-refractivity contribution in [1.29, 1.82) is 0 Å². The Balaban J connectivity index is 2.31. The first-order valence-corrected chi connectivity index (χ1v) is 18.1. The lowest BCUT2D eigenvalue weighted by molar-refractivity contribution is -0.161. The zero-order chi connectivity index (χ0) is 33.8. The van der Waals surface area contributed by atoms with E-state index in [4.69, 9.17) is 23.3 Å². The van der Waals surface area contributed by atoms with Gasteiger partial charge >= 0.3 is 17.9 Å². The summed E-state index contributed by atoms with van der Waals surface area (Å²) in [6.07, 6.45) is -2.35. The van der Waals surface area contributed by atoms with E-state index >= 15 is 8.78 Å². The number of halogens is 2. The molecule has 2 heterocycles. The van der Waals surface area contributed by atoms with Gasteiger partial charge in [0.25, 0.3) is 20.9 Å². The molecule has 44 heavy (non-hydrogen) atoms. The Labute approximate surface area is 256 Å². The Morgan fingerprint density at radius 1 is 1.02 bits per heavy atom. The molecule has 0 aromatic rings. The van der Waals surface area contributed by atoms with E-state index in [2.05, 4.69) is 22.1 Å². The van der Waals surface area contributed by atoms with Crippen LogP contribution < -0.4 is 15.5 Å². The zero-order valence-electron chi connectivity index (χ0n) is 26.4. The average molecular weight is 673 g/mol. The topological polar surface area (TPSA) is 171 Å². The molecule has 3 unspecified atom stereocenters. The molecule has 0 saturated carbocycles. The number of esters is 2. The number of hydrogen-bond donors (Lipinski definition) is 3. The summed E-state index contributed by atoms with van der Waals surface area (Å²) < 4.78 is 86.0. The van der Waals surface area contributed by atoms with Crippen LogP contribution in [0.25, 0.3) is 0 Å². The normalized spacial score (nSPS) is 27.4. The number of alkyl halides is 2.